The van der Waals surface area contributed by atoms with E-state index in [1.807, 2.05) is 42.5 Å². The summed E-state index contributed by atoms with van der Waals surface area (Å²) in [5, 5.41) is 2.79. The number of hydrogen-bond donors (Lipinski definition) is 1. The van der Waals surface area contributed by atoms with Crippen molar-refractivity contribution in [2.75, 3.05) is 18.5 Å². The molecule has 0 unspecified atom stereocenters. The Bertz CT molecular complexity index is 923. The van der Waals surface area contributed by atoms with Crippen molar-refractivity contribution in [3.8, 4) is 5.75 Å². The van der Waals surface area contributed by atoms with E-state index in [4.69, 9.17) is 9.15 Å². The first-order valence-corrected chi connectivity index (χ1v) is 9.51. The summed E-state index contributed by atoms with van der Waals surface area (Å²) in [6.07, 6.45) is 2.42. The van der Waals surface area contributed by atoms with Gasteiger partial charge in [-0.25, -0.2) is 0 Å². The van der Waals surface area contributed by atoms with Gasteiger partial charge in [-0.15, -0.1) is 0 Å². The van der Waals surface area contributed by atoms with E-state index in [0.717, 1.165) is 12.0 Å². The van der Waals surface area contributed by atoms with Gasteiger partial charge in [0, 0.05) is 5.69 Å². The third-order valence-electron chi connectivity index (χ3n) is 4.34. The van der Waals surface area contributed by atoms with Crippen LogP contribution >= 0.6 is 0 Å². The molecular weight excluding hydrogens is 368 g/mol. The third-order valence-corrected chi connectivity index (χ3v) is 4.34. The van der Waals surface area contributed by atoms with Crippen LogP contribution in [0.4, 0.5) is 5.69 Å². The zero-order chi connectivity index (χ0) is 20.5. The maximum atomic E-state index is 12.8. The highest BCUT2D eigenvalue weighted by molar-refractivity contribution is 5.94. The van der Waals surface area contributed by atoms with Crippen LogP contribution in [0.1, 0.15) is 18.2 Å². The fraction of sp³-hybridized carbons (Fsp3) is 0.217. The van der Waals surface area contributed by atoms with E-state index in [0.29, 0.717) is 17.2 Å². The van der Waals surface area contributed by atoms with E-state index < -0.39 is 0 Å². The molecule has 0 aliphatic heterocycles. The van der Waals surface area contributed by atoms with E-state index in [1.54, 1.807) is 24.3 Å². The van der Waals surface area contributed by atoms with E-state index in [1.165, 1.54) is 11.2 Å². The number of nitrogens with one attached hydrogen (secondary N) is 1. The van der Waals surface area contributed by atoms with Crippen LogP contribution < -0.4 is 10.1 Å². The maximum Gasteiger partial charge on any atom is 0.261 e. The molecule has 1 N–H and O–H groups in total. The molecule has 0 bridgehead atoms. The van der Waals surface area contributed by atoms with Crippen molar-refractivity contribution in [1.82, 2.24) is 4.90 Å². The lowest BCUT2D eigenvalue weighted by atomic mass is 10.2. The molecule has 1 aromatic heterocycles. The zero-order valence-corrected chi connectivity index (χ0v) is 16.3. The number of para-hydroxylation sites is 1. The second-order valence-electron chi connectivity index (χ2n) is 6.53. The Morgan fingerprint density at radius 2 is 1.86 bits per heavy atom. The van der Waals surface area contributed by atoms with Crippen molar-refractivity contribution >= 4 is 17.5 Å². The van der Waals surface area contributed by atoms with Crippen LogP contribution in [0.3, 0.4) is 0 Å². The Hall–Kier alpha value is -3.54. The molecule has 0 atom stereocenters. The summed E-state index contributed by atoms with van der Waals surface area (Å²) in [7, 11) is 0. The number of carbonyl (C=O) groups excluding carboxylic acids is 2. The largest absolute Gasteiger partial charge is 0.484 e. The second-order valence-corrected chi connectivity index (χ2v) is 6.53. The highest BCUT2D eigenvalue weighted by Gasteiger charge is 2.19. The summed E-state index contributed by atoms with van der Waals surface area (Å²) < 4.78 is 11.0. The van der Waals surface area contributed by atoms with E-state index in [-0.39, 0.29) is 31.5 Å². The SMILES string of the molecule is CCc1cccc(OCC(=O)N(CC(=O)Nc2ccccc2)Cc2ccco2)c1. The van der Waals surface area contributed by atoms with Crippen LogP contribution in [0.25, 0.3) is 0 Å². The van der Waals surface area contributed by atoms with Gasteiger partial charge in [-0.2, -0.15) is 0 Å². The van der Waals surface area contributed by atoms with Gasteiger partial charge in [0.05, 0.1) is 12.8 Å². The van der Waals surface area contributed by atoms with Gasteiger partial charge in [0.2, 0.25) is 5.91 Å². The van der Waals surface area contributed by atoms with Gasteiger partial charge in [-0.3, -0.25) is 9.59 Å². The average molecular weight is 392 g/mol. The van der Waals surface area contributed by atoms with Crippen molar-refractivity contribution in [2.24, 2.45) is 0 Å². The minimum atomic E-state index is -0.300. The number of ether oxygens (including phenoxy) is 1. The average Bonchev–Trinajstić information content (AvgIpc) is 3.25. The molecule has 6 heteroatoms. The molecule has 2 amide bonds. The number of hydrogen-bond acceptors (Lipinski definition) is 4. The Balaban J connectivity index is 1.63. The lowest BCUT2D eigenvalue weighted by Crippen LogP contribution is -2.40. The molecule has 0 radical (unpaired) electrons. The van der Waals surface area contributed by atoms with Crippen molar-refractivity contribution < 1.29 is 18.7 Å². The lowest BCUT2D eigenvalue weighted by molar-refractivity contribution is -0.137. The quantitative estimate of drug-likeness (QED) is 0.600. The van der Waals surface area contributed by atoms with Gasteiger partial charge in [0.15, 0.2) is 6.61 Å². The second kappa shape index (κ2) is 10.1. The molecule has 29 heavy (non-hydrogen) atoms. The summed E-state index contributed by atoms with van der Waals surface area (Å²) in [6, 6.07) is 20.2. The van der Waals surface area contributed by atoms with Gasteiger partial charge in [-0.1, -0.05) is 37.3 Å². The number of anilines is 1. The standard InChI is InChI=1S/C23H24N2O4/c1-2-18-8-6-11-20(14-18)29-17-23(27)25(15-21-12-7-13-28-21)16-22(26)24-19-9-4-3-5-10-19/h3-14H,2,15-17H2,1H3,(H,24,26). The first-order valence-electron chi connectivity index (χ1n) is 9.51. The number of rotatable bonds is 9. The third kappa shape index (κ3) is 6.24. The van der Waals surface area contributed by atoms with Gasteiger partial charge in [0.25, 0.3) is 5.91 Å². The number of aryl methyl sites for hydroxylation is 1. The van der Waals surface area contributed by atoms with Crippen LogP contribution in [0.15, 0.2) is 77.4 Å². The Morgan fingerprint density at radius 1 is 1.03 bits per heavy atom. The van der Waals surface area contributed by atoms with Crippen LogP contribution in [-0.2, 0) is 22.6 Å². The monoisotopic (exact) mass is 392 g/mol. The molecule has 0 fully saturated rings. The predicted octanol–water partition coefficient (Wildman–Crippen LogP) is 3.89. The number of furan rings is 1. The minimum absolute atomic E-state index is 0.104. The highest BCUT2D eigenvalue weighted by atomic mass is 16.5. The maximum absolute atomic E-state index is 12.8. The number of nitrogens with zero attached hydrogens (tertiary/aromatic N) is 1. The Kier molecular flexibility index (Phi) is 7.05. The number of carbonyl (C=O) groups is 2. The van der Waals surface area contributed by atoms with Gasteiger partial charge in [0.1, 0.15) is 18.1 Å². The van der Waals surface area contributed by atoms with E-state index >= 15 is 0 Å². The van der Waals surface area contributed by atoms with Crippen molar-refractivity contribution in [3.63, 3.8) is 0 Å². The lowest BCUT2D eigenvalue weighted by Gasteiger charge is -2.21. The summed E-state index contributed by atoms with van der Waals surface area (Å²) in [6.45, 7) is 1.98. The smallest absolute Gasteiger partial charge is 0.261 e. The van der Waals surface area contributed by atoms with Crippen molar-refractivity contribution in [2.45, 2.75) is 19.9 Å². The van der Waals surface area contributed by atoms with Crippen LogP contribution in [0, 0.1) is 0 Å². The van der Waals surface area contributed by atoms with Gasteiger partial charge < -0.3 is 19.4 Å². The molecule has 6 nitrogen and oxygen atoms in total. The first kappa shape index (κ1) is 20.2. The summed E-state index contributed by atoms with van der Waals surface area (Å²) >= 11 is 0. The molecule has 3 aromatic rings. The summed E-state index contributed by atoms with van der Waals surface area (Å²) in [5.41, 5.74) is 1.81. The fourth-order valence-electron chi connectivity index (χ4n) is 2.81. The summed E-state index contributed by atoms with van der Waals surface area (Å²) in [4.78, 5) is 26.6. The molecule has 0 aliphatic rings. The van der Waals surface area contributed by atoms with E-state index in [9.17, 15) is 9.59 Å². The molecule has 150 valence electrons. The molecule has 1 heterocycles. The molecule has 2 aromatic carbocycles. The van der Waals surface area contributed by atoms with Gasteiger partial charge in [-0.05, 0) is 48.4 Å². The number of benzene rings is 2. The topological polar surface area (TPSA) is 71.8 Å². The summed E-state index contributed by atoms with van der Waals surface area (Å²) in [5.74, 6) is 0.638. The van der Waals surface area contributed by atoms with Crippen LogP contribution in [0.5, 0.6) is 5.75 Å². The molecular formula is C23H24N2O4. The Labute approximate surface area is 170 Å². The first-order chi connectivity index (χ1) is 14.1. The molecule has 0 saturated carbocycles. The fourth-order valence-corrected chi connectivity index (χ4v) is 2.81. The van der Waals surface area contributed by atoms with Crippen molar-refractivity contribution in [1.29, 1.82) is 0 Å². The normalized spacial score (nSPS) is 10.4. The molecule has 0 saturated heterocycles. The van der Waals surface area contributed by atoms with Crippen molar-refractivity contribution in [3.05, 3.63) is 84.3 Å². The molecule has 0 spiro atoms. The van der Waals surface area contributed by atoms with Gasteiger partial charge >= 0.3 is 0 Å². The number of amides is 2. The zero-order valence-electron chi connectivity index (χ0n) is 16.3. The highest BCUT2D eigenvalue weighted by Crippen LogP contribution is 2.14. The molecule has 0 aliphatic carbocycles. The van der Waals surface area contributed by atoms with Crippen LogP contribution in [-0.4, -0.2) is 29.9 Å². The van der Waals surface area contributed by atoms with Crippen LogP contribution in [0.2, 0.25) is 0 Å². The van der Waals surface area contributed by atoms with E-state index in [2.05, 4.69) is 12.2 Å². The Morgan fingerprint density at radius 3 is 2.59 bits per heavy atom. The minimum Gasteiger partial charge on any atom is -0.484 e. The molecule has 3 rings (SSSR count). The predicted molar refractivity (Wildman–Crippen MR) is 111 cm³/mol.